The Morgan fingerprint density at radius 3 is 0.809 bits per heavy atom. The minimum atomic E-state index is 0. The summed E-state index contributed by atoms with van der Waals surface area (Å²) in [6, 6.07) is 145. The van der Waals surface area contributed by atoms with Crippen molar-refractivity contribution in [1.29, 1.82) is 0 Å². The molecule has 12 aromatic carbocycles. The zero-order valence-corrected chi connectivity index (χ0v) is 83.0. The molecule has 0 spiro atoms. The molecule has 20 heteroatoms. The molecule has 0 radical (unpaired) electrons. The van der Waals surface area contributed by atoms with Crippen LogP contribution >= 0.6 is 0 Å². The van der Waals surface area contributed by atoms with Crippen molar-refractivity contribution in [3.8, 4) is 67.8 Å². The molecule has 0 N–H and O–H groups in total. The van der Waals surface area contributed by atoms with E-state index < -0.39 is 0 Å². The Hall–Kier alpha value is -13.9. The SMILES string of the molecule is [2H]c1ccc(-n2c3[c-]c(-c4[c-]c(B(C)c5ccccn5)ccc4)ccc3c3ccccc32)nc1.[2H]c1cccc(-n2c3[c-]c(-c4[c-]c(B(C)c5ccccn5)ccc4)ccc3c3ccccc32)n1.[2H]c1cccnc1-n1c2[c-]c(-c3[c-]c(B(C)c4ccccn4)ccc3)ccc2c2ccccc21.[2H]c1ccnc(-n2c3[c-]c(-c4[c-]c(B(C)c5ccccn5)ccc4)ccc3c3ccccc32)c1.[Pt+2].[Pt+2].[Pt+2].[Pt+2]. The molecule has 0 bridgehead atoms. The van der Waals surface area contributed by atoms with Crippen LogP contribution in [0.25, 0.3) is 155 Å². The molecule has 0 aliphatic heterocycles. The van der Waals surface area contributed by atoms with Crippen LogP contribution in [-0.2, 0) is 84.3 Å². The van der Waals surface area contributed by atoms with Crippen LogP contribution < -0.4 is 44.2 Å². The molecule has 0 aliphatic rings. The molecule has 12 aromatic heterocycles. The molecule has 12 nitrogen and oxygen atoms in total. The third kappa shape index (κ3) is 19.2. The minimum absolute atomic E-state index is 0. The Labute approximate surface area is 855 Å². The number of nitrogens with zero attached hydrogens (tertiary/aromatic N) is 12. The minimum Gasteiger partial charge on any atom is -0.314 e. The smallest absolute Gasteiger partial charge is 0.314 e. The van der Waals surface area contributed by atoms with E-state index in [-0.39, 0.29) is 117 Å². The molecule has 0 saturated heterocycles. The van der Waals surface area contributed by atoms with E-state index in [1.54, 1.807) is 55.0 Å². The standard InChI is InChI=1S/4C29H20BN3.4Pt/c4*1-30(28-13-4-6-17-31-28)23-10-8-9-21(19-23)22-15-16-25-24-11-2-3-12-26(24)33(27(25)20-22)29-14-5-7-18-32-29;;;;/h4*2-18H,1H3;;;;/q4*-2;4*+2/i18D;14D;7D;5D;;;;. The van der Waals surface area contributed by atoms with Gasteiger partial charge in [-0.15, -0.1) is 48.5 Å². The zero-order chi connectivity index (χ0) is 92.3. The van der Waals surface area contributed by atoms with Crippen LogP contribution in [0, 0.1) is 48.5 Å². The molecule has 0 aliphatic carbocycles. The molecule has 656 valence electrons. The Morgan fingerprint density at radius 1 is 0.206 bits per heavy atom. The summed E-state index contributed by atoms with van der Waals surface area (Å²) in [5.74, 6) is 2.81. The first-order chi connectivity index (χ1) is 66.8. The molecule has 0 saturated carbocycles. The zero-order valence-electron chi connectivity index (χ0n) is 77.9. The quantitative estimate of drug-likeness (QED) is 0.0692. The molecular weight excluding hydrogens is 2380 g/mol. The van der Waals surface area contributed by atoms with Crippen molar-refractivity contribution in [3.63, 3.8) is 0 Å². The van der Waals surface area contributed by atoms with Crippen molar-refractivity contribution in [2.75, 3.05) is 0 Å². The van der Waals surface area contributed by atoms with Gasteiger partial charge >= 0.3 is 84.3 Å². The van der Waals surface area contributed by atoms with Gasteiger partial charge in [0.2, 0.25) is 26.9 Å². The summed E-state index contributed by atoms with van der Waals surface area (Å²) in [5.41, 5.74) is 24.2. The fraction of sp³-hybridized carbons (Fsp3) is 0.0345. The van der Waals surface area contributed by atoms with Crippen molar-refractivity contribution < 1.29 is 89.7 Å². The van der Waals surface area contributed by atoms with Gasteiger partial charge in [0, 0.05) is 94.0 Å². The first-order valence-corrected chi connectivity index (χ1v) is 44.1. The van der Waals surface area contributed by atoms with Crippen LogP contribution in [0.4, 0.5) is 0 Å². The van der Waals surface area contributed by atoms with Gasteiger partial charge in [0.05, 0.1) is 5.48 Å². The van der Waals surface area contributed by atoms with E-state index in [2.05, 4.69) is 324 Å². The van der Waals surface area contributed by atoms with Crippen LogP contribution in [0.3, 0.4) is 0 Å². The first kappa shape index (κ1) is 88.6. The van der Waals surface area contributed by atoms with Gasteiger partial charge in [-0.2, -0.15) is 119 Å². The number of hydrogen-bond acceptors (Lipinski definition) is 8. The number of hydrogen-bond donors (Lipinski definition) is 0. The molecule has 24 aromatic rings. The van der Waals surface area contributed by atoms with Gasteiger partial charge in [0.25, 0.3) is 0 Å². The van der Waals surface area contributed by atoms with Crippen molar-refractivity contribution in [2.45, 2.75) is 27.3 Å². The third-order valence-electron chi connectivity index (χ3n) is 24.4. The van der Waals surface area contributed by atoms with Gasteiger partial charge in [-0.3, -0.25) is 19.9 Å². The van der Waals surface area contributed by atoms with Crippen molar-refractivity contribution in [2.24, 2.45) is 0 Å². The second-order valence-corrected chi connectivity index (χ2v) is 32.4. The number of pyridine rings is 8. The van der Waals surface area contributed by atoms with E-state index in [1.807, 2.05) is 145 Å². The van der Waals surface area contributed by atoms with Crippen LogP contribution in [0.5, 0.6) is 0 Å². The largest absolute Gasteiger partial charge is 2.00 e. The van der Waals surface area contributed by atoms with Gasteiger partial charge in [-0.1, -0.05) is 170 Å². The van der Waals surface area contributed by atoms with E-state index in [1.165, 1.54) is 0 Å². The van der Waals surface area contributed by atoms with Crippen molar-refractivity contribution in [3.05, 3.63) is 462 Å². The predicted octanol–water partition coefficient (Wildman–Crippen LogP) is 20.3. The summed E-state index contributed by atoms with van der Waals surface area (Å²) < 4.78 is 40.7. The van der Waals surface area contributed by atoms with E-state index in [0.29, 0.717) is 35.6 Å². The van der Waals surface area contributed by atoms with E-state index >= 15 is 0 Å². The van der Waals surface area contributed by atoms with Gasteiger partial charge in [0.15, 0.2) is 0 Å². The monoisotopic (exact) mass is 2470 g/mol. The van der Waals surface area contributed by atoms with E-state index in [0.717, 1.165) is 182 Å². The van der Waals surface area contributed by atoms with Crippen LogP contribution in [0.1, 0.15) is 5.48 Å². The molecule has 0 unspecified atom stereocenters. The third-order valence-corrected chi connectivity index (χ3v) is 24.4. The van der Waals surface area contributed by atoms with Gasteiger partial charge < -0.3 is 18.3 Å². The molecule has 0 amide bonds. The predicted molar refractivity (Wildman–Crippen MR) is 547 cm³/mol. The van der Waals surface area contributed by atoms with Crippen molar-refractivity contribution in [1.82, 2.24) is 58.1 Å². The molecule has 0 fully saturated rings. The maximum Gasteiger partial charge on any atom is 2.00 e. The fourth-order valence-corrected chi connectivity index (χ4v) is 17.6. The second-order valence-electron chi connectivity index (χ2n) is 32.4. The summed E-state index contributed by atoms with van der Waals surface area (Å²) in [6.07, 6.45) is 12.5. The van der Waals surface area contributed by atoms with Gasteiger partial charge in [-0.25, -0.2) is 88.7 Å². The molecule has 12 heterocycles. The van der Waals surface area contributed by atoms with Gasteiger partial charge in [0.1, 0.15) is 23.3 Å². The van der Waals surface area contributed by atoms with E-state index in [4.69, 9.17) is 5.48 Å². The maximum atomic E-state index is 8.46. The van der Waals surface area contributed by atoms with E-state index in [9.17, 15) is 0 Å². The first-order valence-electron chi connectivity index (χ1n) is 46.1. The number of fused-ring (bicyclic) bond motifs is 12. The average Bonchev–Trinajstić information content (AvgIpc) is 1.60. The Bertz CT molecular complexity index is 8320. The topological polar surface area (TPSA) is 123 Å². The second kappa shape index (κ2) is 42.7. The molecule has 0 atom stereocenters. The van der Waals surface area contributed by atoms with Crippen LogP contribution in [-0.4, -0.2) is 85.0 Å². The summed E-state index contributed by atoms with van der Waals surface area (Å²) in [4.78, 5) is 36.2. The van der Waals surface area contributed by atoms with Gasteiger partial charge in [-0.05, 0) is 165 Å². The fourth-order valence-electron chi connectivity index (χ4n) is 17.6. The Morgan fingerprint density at radius 2 is 0.485 bits per heavy atom. The average molecular weight is 2470 g/mol. The summed E-state index contributed by atoms with van der Waals surface area (Å²) in [6.45, 7) is 9.18. The molecule has 136 heavy (non-hydrogen) atoms. The summed E-state index contributed by atoms with van der Waals surface area (Å²) in [7, 11) is 0. The number of benzene rings is 12. The van der Waals surface area contributed by atoms with Crippen LogP contribution in [0.15, 0.2) is 413 Å². The Balaban J connectivity index is 0.000000128. The Kier molecular flexibility index (Phi) is 27.9. The number of aromatic nitrogens is 12. The molecule has 24 rings (SSSR count). The van der Waals surface area contributed by atoms with Crippen LogP contribution in [0.2, 0.25) is 27.3 Å². The summed E-state index contributed by atoms with van der Waals surface area (Å²) in [5, 5.41) is 8.96. The summed E-state index contributed by atoms with van der Waals surface area (Å²) >= 11 is 0. The number of rotatable bonds is 16. The molecular formula is C116H80B4N12Pt4. The normalized spacial score (nSPS) is 11.3. The number of para-hydroxylation sites is 4. The maximum absolute atomic E-state index is 8.46. The van der Waals surface area contributed by atoms with Crippen molar-refractivity contribution >= 4 is 158 Å².